The Morgan fingerprint density at radius 1 is 0.958 bits per heavy atom. The lowest BCUT2D eigenvalue weighted by molar-refractivity contribution is -0.130. The average molecular weight is 393 g/mol. The molecule has 5 aliphatic rings. The van der Waals surface area contributed by atoms with Crippen molar-refractivity contribution in [2.24, 2.45) is 58.7 Å². The number of hydrogen-bond acceptors (Lipinski definition) is 1. The second kappa shape index (κ2) is 5.57. The average Bonchev–Trinajstić information content (AvgIpc) is 3.28. The first kappa shape index (κ1) is 16.3. The normalized spacial score (nSPS) is 58.2. The molecule has 0 aromatic rings. The predicted octanol–water partition coefficient (Wildman–Crippen LogP) is 5.71. The minimum atomic E-state index is 0.342. The molecule has 1 nitrogen and oxygen atoms in total. The zero-order chi connectivity index (χ0) is 16.6. The molecule has 5 saturated carbocycles. The topological polar surface area (TPSA) is 17.1 Å². The molecule has 0 N–H and O–H groups in total. The minimum absolute atomic E-state index is 0.342. The molecule has 0 unspecified atom stereocenters. The first-order valence-electron chi connectivity index (χ1n) is 10.6. The SMILES string of the molecule is C[C@H]1CC[C@H]2[C@H](CC[C@@H]3[C@@H]2CC[C@@]2(C)[C@H]3[C@@H]3C[C@@H]3[C@@H]2C(=O)CBr)C1. The summed E-state index contributed by atoms with van der Waals surface area (Å²) in [7, 11) is 0. The van der Waals surface area contributed by atoms with Crippen LogP contribution in [0.4, 0.5) is 0 Å². The minimum Gasteiger partial charge on any atom is -0.298 e. The van der Waals surface area contributed by atoms with Gasteiger partial charge in [-0.25, -0.2) is 0 Å². The lowest BCUT2D eigenvalue weighted by Crippen LogP contribution is -2.51. The van der Waals surface area contributed by atoms with Crippen molar-refractivity contribution >= 4 is 21.7 Å². The Bertz CT molecular complexity index is 544. The molecule has 2 heteroatoms. The fraction of sp³-hybridized carbons (Fsp3) is 0.955. The van der Waals surface area contributed by atoms with Crippen molar-refractivity contribution in [3.63, 3.8) is 0 Å². The van der Waals surface area contributed by atoms with Crippen LogP contribution >= 0.6 is 15.9 Å². The Labute approximate surface area is 155 Å². The molecule has 0 bridgehead atoms. The van der Waals surface area contributed by atoms with Gasteiger partial charge in [-0.2, -0.15) is 0 Å². The van der Waals surface area contributed by atoms with Gasteiger partial charge in [-0.1, -0.05) is 36.2 Å². The maximum Gasteiger partial charge on any atom is 0.147 e. The number of hydrogen-bond donors (Lipinski definition) is 0. The third-order valence-electron chi connectivity index (χ3n) is 9.48. The van der Waals surface area contributed by atoms with E-state index in [9.17, 15) is 4.79 Å². The van der Waals surface area contributed by atoms with Gasteiger partial charge in [-0.05, 0) is 97.7 Å². The monoisotopic (exact) mass is 392 g/mol. The summed E-state index contributed by atoms with van der Waals surface area (Å²) in [5.74, 6) is 8.47. The fourth-order valence-corrected chi connectivity index (χ4v) is 9.09. The maximum atomic E-state index is 12.7. The number of carbonyl (C=O) groups is 1. The van der Waals surface area contributed by atoms with Gasteiger partial charge < -0.3 is 0 Å². The van der Waals surface area contributed by atoms with E-state index >= 15 is 0 Å². The molecule has 5 rings (SSSR count). The van der Waals surface area contributed by atoms with E-state index < -0.39 is 0 Å². The number of alkyl halides is 1. The van der Waals surface area contributed by atoms with Crippen LogP contribution in [0.15, 0.2) is 0 Å². The molecule has 24 heavy (non-hydrogen) atoms. The summed E-state index contributed by atoms with van der Waals surface area (Å²) >= 11 is 3.48. The third-order valence-corrected chi connectivity index (χ3v) is 10.0. The summed E-state index contributed by atoms with van der Waals surface area (Å²) in [6.07, 6.45) is 11.6. The van der Waals surface area contributed by atoms with Gasteiger partial charge in [0.25, 0.3) is 0 Å². The molecule has 0 aromatic carbocycles. The van der Waals surface area contributed by atoms with Crippen molar-refractivity contribution in [1.82, 2.24) is 0 Å². The van der Waals surface area contributed by atoms with E-state index in [0.29, 0.717) is 22.4 Å². The summed E-state index contributed by atoms with van der Waals surface area (Å²) in [5, 5.41) is 0.583. The number of halogens is 1. The highest BCUT2D eigenvalue weighted by Gasteiger charge is 2.70. The van der Waals surface area contributed by atoms with Crippen molar-refractivity contribution in [1.29, 1.82) is 0 Å². The molecular formula is C22H33BrO. The summed E-state index contributed by atoms with van der Waals surface area (Å²) < 4.78 is 0. The zero-order valence-electron chi connectivity index (χ0n) is 15.3. The lowest BCUT2D eigenvalue weighted by atomic mass is 9.48. The van der Waals surface area contributed by atoms with Gasteiger partial charge in [-0.15, -0.1) is 0 Å². The number of Topliss-reactive ketones (excluding diaryl/α,β-unsaturated/α-hetero) is 1. The van der Waals surface area contributed by atoms with Crippen molar-refractivity contribution in [3.05, 3.63) is 0 Å². The molecular weight excluding hydrogens is 360 g/mol. The molecule has 0 aromatic heterocycles. The largest absolute Gasteiger partial charge is 0.298 e. The number of fused-ring (bicyclic) bond motifs is 7. The highest BCUT2D eigenvalue weighted by atomic mass is 79.9. The molecule has 10 atom stereocenters. The third kappa shape index (κ3) is 2.13. The van der Waals surface area contributed by atoms with E-state index in [2.05, 4.69) is 29.8 Å². The van der Waals surface area contributed by atoms with Crippen molar-refractivity contribution in [3.8, 4) is 0 Å². The molecule has 5 aliphatic carbocycles. The molecule has 0 saturated heterocycles. The highest BCUT2D eigenvalue weighted by Crippen LogP contribution is 2.74. The van der Waals surface area contributed by atoms with Gasteiger partial charge in [0.2, 0.25) is 0 Å². The van der Waals surface area contributed by atoms with E-state index in [4.69, 9.17) is 0 Å². The van der Waals surface area contributed by atoms with Crippen LogP contribution < -0.4 is 0 Å². The van der Waals surface area contributed by atoms with Crippen LogP contribution in [-0.4, -0.2) is 11.1 Å². The molecule has 0 spiro atoms. The smallest absolute Gasteiger partial charge is 0.147 e. The van der Waals surface area contributed by atoms with Gasteiger partial charge in [0.15, 0.2) is 0 Å². The van der Waals surface area contributed by atoms with Crippen LogP contribution in [0.3, 0.4) is 0 Å². The summed E-state index contributed by atoms with van der Waals surface area (Å²) in [4.78, 5) is 12.7. The number of rotatable bonds is 2. The van der Waals surface area contributed by atoms with Crippen LogP contribution in [0.25, 0.3) is 0 Å². The van der Waals surface area contributed by atoms with E-state index in [-0.39, 0.29) is 0 Å². The summed E-state index contributed by atoms with van der Waals surface area (Å²) in [6, 6.07) is 0. The van der Waals surface area contributed by atoms with Crippen LogP contribution in [-0.2, 0) is 4.79 Å². The van der Waals surface area contributed by atoms with Crippen LogP contribution in [0, 0.1) is 58.7 Å². The Hall–Kier alpha value is 0.150. The quantitative estimate of drug-likeness (QED) is 0.549. The van der Waals surface area contributed by atoms with E-state index in [1.54, 1.807) is 0 Å². The first-order chi connectivity index (χ1) is 11.5. The lowest BCUT2D eigenvalue weighted by Gasteiger charge is -2.57. The van der Waals surface area contributed by atoms with Crippen molar-refractivity contribution in [2.45, 2.75) is 65.2 Å². The second-order valence-electron chi connectivity index (χ2n) is 10.5. The molecule has 0 heterocycles. The Morgan fingerprint density at radius 2 is 1.75 bits per heavy atom. The molecule has 0 radical (unpaired) electrons. The molecule has 0 aliphatic heterocycles. The summed E-state index contributed by atoms with van der Waals surface area (Å²) in [5.41, 5.74) is 0.342. The van der Waals surface area contributed by atoms with Crippen molar-refractivity contribution in [2.75, 3.05) is 5.33 Å². The van der Waals surface area contributed by atoms with Gasteiger partial charge in [-0.3, -0.25) is 4.79 Å². The molecule has 5 fully saturated rings. The number of carbonyl (C=O) groups excluding carboxylic acids is 1. The van der Waals surface area contributed by atoms with Crippen LogP contribution in [0.5, 0.6) is 0 Å². The summed E-state index contributed by atoms with van der Waals surface area (Å²) in [6.45, 7) is 4.99. The Kier molecular flexibility index (Phi) is 3.79. The second-order valence-corrected chi connectivity index (χ2v) is 11.0. The van der Waals surface area contributed by atoms with Crippen LogP contribution in [0.2, 0.25) is 0 Å². The Morgan fingerprint density at radius 3 is 2.54 bits per heavy atom. The Balaban J connectivity index is 1.43. The highest BCUT2D eigenvalue weighted by molar-refractivity contribution is 9.09. The fourth-order valence-electron chi connectivity index (χ4n) is 8.74. The van der Waals surface area contributed by atoms with E-state index in [1.165, 1.54) is 51.4 Å². The van der Waals surface area contributed by atoms with E-state index in [1.807, 2.05) is 0 Å². The zero-order valence-corrected chi connectivity index (χ0v) is 16.9. The maximum absolute atomic E-state index is 12.7. The standard InChI is InChI=1S/C22H33BrO/c1-12-3-5-14-13(9-12)4-6-16-15(14)7-8-22(2)20(16)17-10-18(17)21(22)19(24)11-23/h12-18,20-21H,3-11H2,1-2H3/t12-,13+,14-,15+,16+,17+,18-,20+,21+,22-/m0/s1. The van der Waals surface area contributed by atoms with Crippen molar-refractivity contribution < 1.29 is 4.79 Å². The molecule has 134 valence electrons. The predicted molar refractivity (Wildman–Crippen MR) is 101 cm³/mol. The van der Waals surface area contributed by atoms with Gasteiger partial charge in [0.05, 0.1) is 5.33 Å². The molecule has 0 amide bonds. The number of ketones is 1. The first-order valence-corrected chi connectivity index (χ1v) is 11.8. The van der Waals surface area contributed by atoms with Gasteiger partial charge >= 0.3 is 0 Å². The van der Waals surface area contributed by atoms with Gasteiger partial charge in [0, 0.05) is 5.92 Å². The van der Waals surface area contributed by atoms with E-state index in [0.717, 1.165) is 47.3 Å². The van der Waals surface area contributed by atoms with Crippen LogP contribution in [0.1, 0.15) is 65.2 Å². The van der Waals surface area contributed by atoms with Gasteiger partial charge in [0.1, 0.15) is 5.78 Å².